The van der Waals surface area contributed by atoms with Crippen molar-refractivity contribution < 1.29 is 14.3 Å². The monoisotopic (exact) mass is 284 g/mol. The molecule has 0 saturated heterocycles. The highest BCUT2D eigenvalue weighted by molar-refractivity contribution is 6.64. The quantitative estimate of drug-likeness (QED) is 0.591. The SMILES string of the molecule is N[C@H](CCCNC(=O)OCc1ccccc1)C(=O)Cl. The molecule has 0 radical (unpaired) electrons. The lowest BCUT2D eigenvalue weighted by molar-refractivity contribution is -0.112. The Morgan fingerprint density at radius 1 is 1.32 bits per heavy atom. The Bertz CT molecular complexity index is 412. The second-order valence-electron chi connectivity index (χ2n) is 4.04. The third kappa shape index (κ3) is 6.79. The summed E-state index contributed by atoms with van der Waals surface area (Å²) < 4.78 is 5.01. The lowest BCUT2D eigenvalue weighted by atomic mass is 10.2. The highest BCUT2D eigenvalue weighted by Crippen LogP contribution is 2.01. The van der Waals surface area contributed by atoms with Gasteiger partial charge in [-0.2, -0.15) is 0 Å². The van der Waals surface area contributed by atoms with Gasteiger partial charge < -0.3 is 15.8 Å². The number of halogens is 1. The summed E-state index contributed by atoms with van der Waals surface area (Å²) in [7, 11) is 0. The van der Waals surface area contributed by atoms with Gasteiger partial charge in [0, 0.05) is 6.54 Å². The molecule has 0 aliphatic heterocycles. The van der Waals surface area contributed by atoms with Crippen LogP contribution >= 0.6 is 11.6 Å². The summed E-state index contributed by atoms with van der Waals surface area (Å²) in [5.74, 6) is 0. The van der Waals surface area contributed by atoms with E-state index in [9.17, 15) is 9.59 Å². The molecular weight excluding hydrogens is 268 g/mol. The fraction of sp³-hybridized carbons (Fsp3) is 0.385. The fourth-order valence-electron chi connectivity index (χ4n) is 1.40. The smallest absolute Gasteiger partial charge is 0.407 e. The average Bonchev–Trinajstić information content (AvgIpc) is 2.42. The molecule has 1 aromatic carbocycles. The van der Waals surface area contributed by atoms with Crippen LogP contribution < -0.4 is 11.1 Å². The first-order chi connectivity index (χ1) is 9.09. The summed E-state index contributed by atoms with van der Waals surface area (Å²) >= 11 is 5.21. The molecule has 1 atom stereocenters. The molecule has 0 unspecified atom stereocenters. The number of rotatable bonds is 7. The molecule has 0 bridgehead atoms. The minimum absolute atomic E-state index is 0.229. The van der Waals surface area contributed by atoms with E-state index in [-0.39, 0.29) is 6.61 Å². The summed E-state index contributed by atoms with van der Waals surface area (Å²) in [6.07, 6.45) is 0.510. The van der Waals surface area contributed by atoms with Gasteiger partial charge in [0.15, 0.2) is 0 Å². The van der Waals surface area contributed by atoms with Crippen molar-refractivity contribution in [3.05, 3.63) is 35.9 Å². The van der Waals surface area contributed by atoms with Gasteiger partial charge in [-0.25, -0.2) is 4.79 Å². The number of nitrogens with one attached hydrogen (secondary N) is 1. The number of hydrogen-bond donors (Lipinski definition) is 2. The number of ether oxygens (including phenoxy) is 1. The molecule has 1 amide bonds. The predicted octanol–water partition coefficient (Wildman–Crippen LogP) is 1.79. The van der Waals surface area contributed by atoms with E-state index in [1.54, 1.807) is 0 Å². The van der Waals surface area contributed by atoms with Gasteiger partial charge in [0.25, 0.3) is 0 Å². The van der Waals surface area contributed by atoms with Crippen LogP contribution in [0.15, 0.2) is 30.3 Å². The lowest BCUT2D eigenvalue weighted by Crippen LogP contribution is -2.30. The van der Waals surface area contributed by atoms with Crippen LogP contribution in [0.2, 0.25) is 0 Å². The lowest BCUT2D eigenvalue weighted by Gasteiger charge is -2.08. The molecule has 1 rings (SSSR count). The molecule has 104 valence electrons. The zero-order valence-corrected chi connectivity index (χ0v) is 11.2. The Balaban J connectivity index is 2.10. The number of alkyl carbamates (subject to hydrolysis) is 1. The van der Waals surface area contributed by atoms with Crippen molar-refractivity contribution in [2.45, 2.75) is 25.5 Å². The summed E-state index contributed by atoms with van der Waals surface area (Å²) in [6.45, 7) is 0.623. The van der Waals surface area contributed by atoms with E-state index in [4.69, 9.17) is 22.1 Å². The predicted molar refractivity (Wildman–Crippen MR) is 72.7 cm³/mol. The first-order valence-corrected chi connectivity index (χ1v) is 6.37. The van der Waals surface area contributed by atoms with Crippen molar-refractivity contribution >= 4 is 22.9 Å². The van der Waals surface area contributed by atoms with Crippen LogP contribution in [0.3, 0.4) is 0 Å². The maximum Gasteiger partial charge on any atom is 0.407 e. The van der Waals surface area contributed by atoms with Gasteiger partial charge in [-0.1, -0.05) is 30.3 Å². The molecule has 6 heteroatoms. The number of carbonyl (C=O) groups is 2. The van der Waals surface area contributed by atoms with Gasteiger partial charge >= 0.3 is 6.09 Å². The fourth-order valence-corrected chi connectivity index (χ4v) is 1.51. The van der Waals surface area contributed by atoms with Crippen molar-refractivity contribution in [2.75, 3.05) is 6.54 Å². The second kappa shape index (κ2) is 8.50. The van der Waals surface area contributed by atoms with Crippen LogP contribution in [-0.2, 0) is 16.1 Å². The van der Waals surface area contributed by atoms with E-state index >= 15 is 0 Å². The van der Waals surface area contributed by atoms with Gasteiger partial charge in [-0.3, -0.25) is 4.79 Å². The molecule has 0 aliphatic carbocycles. The van der Waals surface area contributed by atoms with E-state index in [0.29, 0.717) is 19.4 Å². The van der Waals surface area contributed by atoms with E-state index in [1.807, 2.05) is 30.3 Å². The topological polar surface area (TPSA) is 81.4 Å². The average molecular weight is 285 g/mol. The van der Waals surface area contributed by atoms with Crippen molar-refractivity contribution in [3.8, 4) is 0 Å². The maximum absolute atomic E-state index is 11.3. The van der Waals surface area contributed by atoms with Crippen molar-refractivity contribution in [3.63, 3.8) is 0 Å². The van der Waals surface area contributed by atoms with Crippen LogP contribution in [0.1, 0.15) is 18.4 Å². The van der Waals surface area contributed by atoms with E-state index in [1.165, 1.54) is 0 Å². The second-order valence-corrected chi connectivity index (χ2v) is 4.41. The molecule has 5 nitrogen and oxygen atoms in total. The summed E-state index contributed by atoms with van der Waals surface area (Å²) in [6, 6.07) is 8.72. The summed E-state index contributed by atoms with van der Waals surface area (Å²) in [5, 5.41) is 2.01. The van der Waals surface area contributed by atoms with Crippen LogP contribution in [0.5, 0.6) is 0 Å². The number of carbonyl (C=O) groups excluding carboxylic acids is 2. The Labute approximate surface area is 117 Å². The molecule has 0 fully saturated rings. The summed E-state index contributed by atoms with van der Waals surface area (Å²) in [4.78, 5) is 22.0. The van der Waals surface area contributed by atoms with E-state index in [0.717, 1.165) is 5.56 Å². The van der Waals surface area contributed by atoms with Crippen LogP contribution in [0.4, 0.5) is 4.79 Å². The third-order valence-electron chi connectivity index (χ3n) is 2.47. The largest absolute Gasteiger partial charge is 0.445 e. The molecule has 3 N–H and O–H groups in total. The number of amides is 1. The van der Waals surface area contributed by atoms with Gasteiger partial charge in [0.05, 0.1) is 6.04 Å². The molecular formula is C13H17ClN2O3. The van der Waals surface area contributed by atoms with Gasteiger partial charge in [-0.15, -0.1) is 0 Å². The van der Waals surface area contributed by atoms with Gasteiger partial charge in [0.2, 0.25) is 5.24 Å². The molecule has 0 heterocycles. The van der Waals surface area contributed by atoms with Crippen LogP contribution in [0, 0.1) is 0 Å². The van der Waals surface area contributed by atoms with E-state index in [2.05, 4.69) is 5.32 Å². The van der Waals surface area contributed by atoms with Crippen LogP contribution in [-0.4, -0.2) is 23.9 Å². The Morgan fingerprint density at radius 3 is 2.63 bits per heavy atom. The zero-order chi connectivity index (χ0) is 14.1. The van der Waals surface area contributed by atoms with Gasteiger partial charge in [-0.05, 0) is 30.0 Å². The Morgan fingerprint density at radius 2 is 2.00 bits per heavy atom. The number of hydrogen-bond acceptors (Lipinski definition) is 4. The first-order valence-electron chi connectivity index (χ1n) is 5.99. The summed E-state index contributed by atoms with van der Waals surface area (Å²) in [5.41, 5.74) is 6.37. The molecule has 0 saturated carbocycles. The van der Waals surface area contributed by atoms with Crippen LogP contribution in [0.25, 0.3) is 0 Å². The number of benzene rings is 1. The molecule has 19 heavy (non-hydrogen) atoms. The third-order valence-corrected chi connectivity index (χ3v) is 2.75. The number of nitrogens with two attached hydrogens (primary N) is 1. The minimum Gasteiger partial charge on any atom is -0.445 e. The highest BCUT2D eigenvalue weighted by Gasteiger charge is 2.09. The minimum atomic E-state index is -0.677. The standard InChI is InChI=1S/C13H17ClN2O3/c14-12(17)11(15)7-4-8-16-13(18)19-9-10-5-2-1-3-6-10/h1-3,5-6,11H,4,7-9,15H2,(H,16,18)/t11-/m1/s1. The molecule has 1 aromatic rings. The molecule has 0 spiro atoms. The van der Waals surface area contributed by atoms with Crippen molar-refractivity contribution in [2.24, 2.45) is 5.73 Å². The van der Waals surface area contributed by atoms with E-state index < -0.39 is 17.4 Å². The van der Waals surface area contributed by atoms with Crippen molar-refractivity contribution in [1.29, 1.82) is 0 Å². The molecule has 0 aliphatic rings. The maximum atomic E-state index is 11.3. The Kier molecular flexibility index (Phi) is 6.92. The Hall–Kier alpha value is -1.59. The first kappa shape index (κ1) is 15.5. The zero-order valence-electron chi connectivity index (χ0n) is 10.5. The van der Waals surface area contributed by atoms with Crippen molar-refractivity contribution in [1.82, 2.24) is 5.32 Å². The highest BCUT2D eigenvalue weighted by atomic mass is 35.5. The van der Waals surface area contributed by atoms with Gasteiger partial charge in [0.1, 0.15) is 6.61 Å². The molecule has 0 aromatic heterocycles. The normalized spacial score (nSPS) is 11.7.